The van der Waals surface area contributed by atoms with E-state index in [0.29, 0.717) is 31.4 Å². The number of carbonyl (C=O) groups excluding carboxylic acids is 1. The second kappa shape index (κ2) is 9.63. The molecule has 3 rings (SSSR count). The van der Waals surface area contributed by atoms with Crippen LogP contribution in [0.2, 0.25) is 0 Å². The molecule has 0 aliphatic heterocycles. The van der Waals surface area contributed by atoms with Gasteiger partial charge >= 0.3 is 11.8 Å². The third kappa shape index (κ3) is 4.26. The average Bonchev–Trinajstić information content (AvgIpc) is 3.15. The first kappa shape index (κ1) is 22.3. The molecular weight excluding hydrogens is 400 g/mol. The normalized spacial score (nSPS) is 11.2. The third-order valence-corrected chi connectivity index (χ3v) is 4.95. The second-order valence-electron chi connectivity index (χ2n) is 7.35. The van der Waals surface area contributed by atoms with Gasteiger partial charge in [-0.1, -0.05) is 27.2 Å². The van der Waals surface area contributed by atoms with Crippen LogP contribution >= 0.6 is 0 Å². The summed E-state index contributed by atoms with van der Waals surface area (Å²) in [5.41, 5.74) is -0.328. The van der Waals surface area contributed by atoms with E-state index in [4.69, 9.17) is 4.74 Å². The summed E-state index contributed by atoms with van der Waals surface area (Å²) in [6.45, 7) is 6.58. The molecule has 0 radical (unpaired) electrons. The summed E-state index contributed by atoms with van der Waals surface area (Å²) in [6, 6.07) is 6.13. The molecule has 2 heterocycles. The number of aromatic hydroxyl groups is 1. The maximum Gasteiger partial charge on any atom is 0.420 e. The monoisotopic (exact) mass is 428 g/mol. The number of unbranched alkanes of at least 4 members (excludes halogenated alkanes) is 1. The minimum Gasteiger partial charge on any atom is -0.508 e. The highest BCUT2D eigenvalue weighted by Gasteiger charge is 2.26. The van der Waals surface area contributed by atoms with Gasteiger partial charge < -0.3 is 9.84 Å². The number of carbonyl (C=O) groups is 1. The summed E-state index contributed by atoms with van der Waals surface area (Å²) in [4.78, 5) is 43.9. The van der Waals surface area contributed by atoms with Gasteiger partial charge in [0.2, 0.25) is 0 Å². The Kier molecular flexibility index (Phi) is 6.94. The van der Waals surface area contributed by atoms with Gasteiger partial charge in [0.15, 0.2) is 17.0 Å². The Morgan fingerprint density at radius 3 is 2.26 bits per heavy atom. The molecule has 0 fully saturated rings. The van der Waals surface area contributed by atoms with Crippen molar-refractivity contribution in [1.82, 2.24) is 18.7 Å². The van der Waals surface area contributed by atoms with Crippen molar-refractivity contribution in [1.29, 1.82) is 0 Å². The Hall–Kier alpha value is -3.36. The van der Waals surface area contributed by atoms with Crippen molar-refractivity contribution in [2.24, 2.45) is 0 Å². The molecule has 0 amide bonds. The van der Waals surface area contributed by atoms with Crippen LogP contribution < -0.4 is 11.2 Å². The number of fused-ring (bicyclic) bond motifs is 1. The Morgan fingerprint density at radius 2 is 1.65 bits per heavy atom. The van der Waals surface area contributed by atoms with Crippen molar-refractivity contribution in [2.45, 2.75) is 59.5 Å². The third-order valence-electron chi connectivity index (χ3n) is 4.95. The lowest BCUT2D eigenvalue weighted by molar-refractivity contribution is 0.147. The lowest BCUT2D eigenvalue weighted by atomic mass is 10.2. The highest BCUT2D eigenvalue weighted by molar-refractivity contribution is 5.90. The topological polar surface area (TPSA) is 108 Å². The van der Waals surface area contributed by atoms with Crippen LogP contribution in [-0.4, -0.2) is 36.5 Å². The van der Waals surface area contributed by atoms with E-state index in [0.717, 1.165) is 15.6 Å². The highest BCUT2D eigenvalue weighted by Crippen LogP contribution is 2.25. The van der Waals surface area contributed by atoms with Crippen molar-refractivity contribution in [3.63, 3.8) is 0 Å². The number of phenols is 1. The summed E-state index contributed by atoms with van der Waals surface area (Å²) in [6.07, 6.45) is 2.06. The second-order valence-corrected chi connectivity index (χ2v) is 7.35. The summed E-state index contributed by atoms with van der Waals surface area (Å²) < 4.78 is 9.14. The Balaban J connectivity index is 2.37. The molecule has 3 aromatic rings. The molecular formula is C22H28N4O5. The maximum absolute atomic E-state index is 13.3. The fraction of sp³-hybridized carbons (Fsp3) is 0.455. The summed E-state index contributed by atoms with van der Waals surface area (Å²) in [5.74, 6) is 0.247. The van der Waals surface area contributed by atoms with Crippen LogP contribution in [0.15, 0.2) is 33.9 Å². The maximum atomic E-state index is 13.3. The molecule has 0 atom stereocenters. The van der Waals surface area contributed by atoms with Crippen molar-refractivity contribution in [3.05, 3.63) is 45.1 Å². The average molecular weight is 428 g/mol. The summed E-state index contributed by atoms with van der Waals surface area (Å²) in [7, 11) is 0. The first-order chi connectivity index (χ1) is 14.9. The molecule has 0 aliphatic carbocycles. The molecule has 0 unspecified atom stereocenters. The van der Waals surface area contributed by atoms with Gasteiger partial charge in [-0.05, 0) is 43.5 Å². The number of nitrogens with zero attached hydrogens (tertiary/aromatic N) is 4. The zero-order valence-electron chi connectivity index (χ0n) is 18.1. The molecule has 0 saturated heterocycles. The predicted octanol–water partition coefficient (Wildman–Crippen LogP) is 3.34. The number of aromatic nitrogens is 4. The van der Waals surface area contributed by atoms with Crippen LogP contribution in [0, 0.1) is 0 Å². The number of aryl methyl sites for hydroxylation is 1. The fourth-order valence-electron chi connectivity index (χ4n) is 3.44. The quantitative estimate of drug-likeness (QED) is 0.551. The molecule has 0 bridgehead atoms. The van der Waals surface area contributed by atoms with Crippen molar-refractivity contribution in [2.75, 3.05) is 6.61 Å². The smallest absolute Gasteiger partial charge is 0.420 e. The number of hydrogen-bond donors (Lipinski definition) is 1. The number of phenolic OH excluding ortho intramolecular Hbond substituents is 1. The van der Waals surface area contributed by atoms with Crippen molar-refractivity contribution < 1.29 is 14.6 Å². The standard InChI is InChI=1S/C22H28N4O5/c1-4-7-14-31-22(30)26-17-19(23-18(26)15-8-10-16(27)11-9-15)24(12-5-2)21(29)25(13-6-3)20(17)28/h8-11,27H,4-7,12-14H2,1-3H3. The molecule has 166 valence electrons. The van der Waals surface area contributed by atoms with Crippen molar-refractivity contribution in [3.8, 4) is 17.1 Å². The number of imidazole rings is 1. The zero-order valence-corrected chi connectivity index (χ0v) is 18.1. The number of hydrogen-bond acceptors (Lipinski definition) is 6. The van der Waals surface area contributed by atoms with E-state index in [1.165, 1.54) is 16.7 Å². The van der Waals surface area contributed by atoms with Gasteiger partial charge in [0, 0.05) is 18.7 Å². The molecule has 1 N–H and O–H groups in total. The van der Waals surface area contributed by atoms with E-state index >= 15 is 0 Å². The van der Waals surface area contributed by atoms with Gasteiger partial charge in [0.25, 0.3) is 5.56 Å². The Bertz CT molecular complexity index is 1190. The summed E-state index contributed by atoms with van der Waals surface area (Å²) >= 11 is 0. The van der Waals surface area contributed by atoms with Gasteiger partial charge in [-0.3, -0.25) is 13.9 Å². The van der Waals surface area contributed by atoms with Gasteiger partial charge in [-0.2, -0.15) is 0 Å². The Labute approximate surface area is 179 Å². The Morgan fingerprint density at radius 1 is 1.00 bits per heavy atom. The number of rotatable bonds is 8. The van der Waals surface area contributed by atoms with Gasteiger partial charge in [0.05, 0.1) is 6.61 Å². The number of benzene rings is 1. The molecule has 2 aromatic heterocycles. The predicted molar refractivity (Wildman–Crippen MR) is 118 cm³/mol. The van der Waals surface area contributed by atoms with E-state index in [9.17, 15) is 19.5 Å². The van der Waals surface area contributed by atoms with Crippen LogP contribution in [0.1, 0.15) is 46.5 Å². The molecule has 31 heavy (non-hydrogen) atoms. The van der Waals surface area contributed by atoms with E-state index in [2.05, 4.69) is 4.98 Å². The molecule has 9 nitrogen and oxygen atoms in total. The fourth-order valence-corrected chi connectivity index (χ4v) is 3.44. The molecule has 9 heteroatoms. The van der Waals surface area contributed by atoms with Crippen LogP contribution in [0.3, 0.4) is 0 Å². The lowest BCUT2D eigenvalue weighted by Gasteiger charge is -2.11. The molecule has 0 aliphatic rings. The van der Waals surface area contributed by atoms with Crippen LogP contribution in [0.4, 0.5) is 4.79 Å². The molecule has 0 saturated carbocycles. The molecule has 0 spiro atoms. The van der Waals surface area contributed by atoms with Gasteiger partial charge in [0.1, 0.15) is 5.75 Å². The lowest BCUT2D eigenvalue weighted by Crippen LogP contribution is -2.41. The first-order valence-electron chi connectivity index (χ1n) is 10.7. The van der Waals surface area contributed by atoms with E-state index in [-0.39, 0.29) is 35.9 Å². The summed E-state index contributed by atoms with van der Waals surface area (Å²) in [5, 5.41) is 9.64. The van der Waals surface area contributed by atoms with Crippen LogP contribution in [0.5, 0.6) is 5.75 Å². The SMILES string of the molecule is CCCCOC(=O)n1c(-c2ccc(O)cc2)nc2c1c(=O)n(CCC)c(=O)n2CCC. The van der Waals surface area contributed by atoms with Gasteiger partial charge in [-0.15, -0.1) is 0 Å². The number of ether oxygens (including phenoxy) is 1. The molecule has 1 aromatic carbocycles. The minimum atomic E-state index is -0.721. The van der Waals surface area contributed by atoms with Gasteiger partial charge in [-0.25, -0.2) is 19.1 Å². The highest BCUT2D eigenvalue weighted by atomic mass is 16.5. The van der Waals surface area contributed by atoms with Crippen LogP contribution in [-0.2, 0) is 17.8 Å². The zero-order chi connectivity index (χ0) is 22.5. The van der Waals surface area contributed by atoms with Crippen molar-refractivity contribution >= 4 is 17.3 Å². The van der Waals surface area contributed by atoms with Crippen LogP contribution in [0.25, 0.3) is 22.6 Å². The van der Waals surface area contributed by atoms with E-state index in [1.54, 1.807) is 12.1 Å². The van der Waals surface area contributed by atoms with E-state index < -0.39 is 17.3 Å². The van der Waals surface area contributed by atoms with E-state index in [1.807, 2.05) is 20.8 Å². The minimum absolute atomic E-state index is 0.0195. The largest absolute Gasteiger partial charge is 0.508 e. The first-order valence-corrected chi connectivity index (χ1v) is 10.7.